The maximum absolute atomic E-state index is 13.8. The molecule has 1 aromatic heterocycles. The standard InChI is InChI=1S/C18H19F2N3O4/c19-14-3-1-2-12(15(14)20)11-23-5-4-13(16(24)17(23)25)10-21-6-8-22(9-7-21)18(26)27/h1-5,24H,6-11H2,(H,26,27). The number of pyridine rings is 1. The number of benzene rings is 1. The van der Waals surface area contributed by atoms with Gasteiger partial charge in [-0.25, -0.2) is 13.6 Å². The van der Waals surface area contributed by atoms with Gasteiger partial charge in [-0.15, -0.1) is 0 Å². The van der Waals surface area contributed by atoms with Crippen LogP contribution in [0.15, 0.2) is 35.3 Å². The first-order valence-corrected chi connectivity index (χ1v) is 8.41. The van der Waals surface area contributed by atoms with Gasteiger partial charge in [-0.05, 0) is 12.1 Å². The molecule has 3 rings (SSSR count). The molecule has 27 heavy (non-hydrogen) atoms. The van der Waals surface area contributed by atoms with Gasteiger partial charge in [-0.3, -0.25) is 9.69 Å². The highest BCUT2D eigenvalue weighted by atomic mass is 19.2. The van der Waals surface area contributed by atoms with Crippen molar-refractivity contribution >= 4 is 6.09 Å². The number of hydrogen-bond acceptors (Lipinski definition) is 4. The predicted octanol–water partition coefficient (Wildman–Crippen LogP) is 1.68. The van der Waals surface area contributed by atoms with Crippen molar-refractivity contribution in [2.24, 2.45) is 0 Å². The molecule has 1 amide bonds. The van der Waals surface area contributed by atoms with Crippen molar-refractivity contribution in [2.45, 2.75) is 13.1 Å². The molecule has 1 aliphatic heterocycles. The van der Waals surface area contributed by atoms with Crippen LogP contribution in [0, 0.1) is 11.6 Å². The second-order valence-electron chi connectivity index (χ2n) is 6.38. The third-order valence-electron chi connectivity index (χ3n) is 4.63. The summed E-state index contributed by atoms with van der Waals surface area (Å²) in [5.74, 6) is -2.47. The van der Waals surface area contributed by atoms with E-state index in [4.69, 9.17) is 5.11 Å². The Bertz CT molecular complexity index is 908. The molecular formula is C18H19F2N3O4. The average molecular weight is 379 g/mol. The molecule has 9 heteroatoms. The van der Waals surface area contributed by atoms with Crippen LogP contribution in [-0.4, -0.2) is 56.9 Å². The van der Waals surface area contributed by atoms with Gasteiger partial charge in [0.15, 0.2) is 17.4 Å². The third kappa shape index (κ3) is 4.08. The van der Waals surface area contributed by atoms with Crippen molar-refractivity contribution in [1.29, 1.82) is 0 Å². The van der Waals surface area contributed by atoms with Crippen LogP contribution in [0.3, 0.4) is 0 Å². The van der Waals surface area contributed by atoms with Crippen LogP contribution in [-0.2, 0) is 13.1 Å². The van der Waals surface area contributed by atoms with Gasteiger partial charge in [0, 0.05) is 50.0 Å². The summed E-state index contributed by atoms with van der Waals surface area (Å²) in [6.07, 6.45) is 0.458. The molecule has 0 bridgehead atoms. The molecule has 1 fully saturated rings. The van der Waals surface area contributed by atoms with Crippen LogP contribution in [0.1, 0.15) is 11.1 Å². The lowest BCUT2D eigenvalue weighted by molar-refractivity contribution is 0.102. The maximum atomic E-state index is 13.8. The molecule has 0 radical (unpaired) electrons. The SMILES string of the molecule is O=C(O)N1CCN(Cc2ccn(Cc3cccc(F)c3F)c(=O)c2O)CC1. The van der Waals surface area contributed by atoms with Gasteiger partial charge >= 0.3 is 6.09 Å². The van der Waals surface area contributed by atoms with Crippen LogP contribution in [0.4, 0.5) is 13.6 Å². The number of halogens is 2. The van der Waals surface area contributed by atoms with E-state index < -0.39 is 29.0 Å². The van der Waals surface area contributed by atoms with Gasteiger partial charge in [0.1, 0.15) is 0 Å². The van der Waals surface area contributed by atoms with E-state index in [2.05, 4.69) is 0 Å². The average Bonchev–Trinajstić information content (AvgIpc) is 2.65. The Balaban J connectivity index is 1.73. The fourth-order valence-corrected chi connectivity index (χ4v) is 3.04. The largest absolute Gasteiger partial charge is 0.503 e. The Morgan fingerprint density at radius 2 is 1.74 bits per heavy atom. The number of nitrogens with zero attached hydrogens (tertiary/aromatic N) is 3. The van der Waals surface area contributed by atoms with Crippen molar-refractivity contribution in [1.82, 2.24) is 14.4 Å². The lowest BCUT2D eigenvalue weighted by Crippen LogP contribution is -2.47. The number of aromatic nitrogens is 1. The second-order valence-corrected chi connectivity index (χ2v) is 6.38. The number of amides is 1. The normalized spacial score (nSPS) is 15.1. The zero-order valence-corrected chi connectivity index (χ0v) is 14.4. The smallest absolute Gasteiger partial charge is 0.407 e. The van der Waals surface area contributed by atoms with Gasteiger partial charge in [0.05, 0.1) is 6.54 Å². The van der Waals surface area contributed by atoms with Crippen LogP contribution in [0.2, 0.25) is 0 Å². The molecule has 1 aliphatic rings. The number of carboxylic acid groups (broad SMARTS) is 1. The summed E-state index contributed by atoms with van der Waals surface area (Å²) in [5, 5.41) is 19.2. The van der Waals surface area contributed by atoms with Crippen LogP contribution in [0.25, 0.3) is 0 Å². The Kier molecular flexibility index (Phi) is 5.41. The predicted molar refractivity (Wildman–Crippen MR) is 92.7 cm³/mol. The van der Waals surface area contributed by atoms with E-state index in [0.29, 0.717) is 38.3 Å². The van der Waals surface area contributed by atoms with Crippen molar-refractivity contribution < 1.29 is 23.8 Å². The second kappa shape index (κ2) is 7.75. The minimum Gasteiger partial charge on any atom is -0.503 e. The minimum atomic E-state index is -1.02. The third-order valence-corrected chi connectivity index (χ3v) is 4.63. The quantitative estimate of drug-likeness (QED) is 0.844. The first-order chi connectivity index (χ1) is 12.9. The van der Waals surface area contributed by atoms with Crippen molar-refractivity contribution in [2.75, 3.05) is 26.2 Å². The summed E-state index contributed by atoms with van der Waals surface area (Å²) in [4.78, 5) is 26.5. The van der Waals surface area contributed by atoms with Crippen molar-refractivity contribution in [3.05, 3.63) is 63.6 Å². The lowest BCUT2D eigenvalue weighted by atomic mass is 10.1. The molecule has 0 atom stereocenters. The molecular weight excluding hydrogens is 360 g/mol. The monoisotopic (exact) mass is 379 g/mol. The summed E-state index contributed by atoms with van der Waals surface area (Å²) < 4.78 is 28.2. The Hall–Kier alpha value is -2.94. The molecule has 144 valence electrons. The molecule has 1 aromatic carbocycles. The molecule has 7 nitrogen and oxygen atoms in total. The topological polar surface area (TPSA) is 86.0 Å². The van der Waals surface area contributed by atoms with E-state index >= 15 is 0 Å². The van der Waals surface area contributed by atoms with E-state index in [-0.39, 0.29) is 12.1 Å². The van der Waals surface area contributed by atoms with E-state index in [0.717, 1.165) is 10.6 Å². The molecule has 2 heterocycles. The van der Waals surface area contributed by atoms with Gasteiger partial charge in [0.2, 0.25) is 0 Å². The van der Waals surface area contributed by atoms with E-state index in [1.165, 1.54) is 23.2 Å². The fourth-order valence-electron chi connectivity index (χ4n) is 3.04. The highest BCUT2D eigenvalue weighted by molar-refractivity contribution is 5.65. The van der Waals surface area contributed by atoms with Crippen molar-refractivity contribution in [3.8, 4) is 5.75 Å². The Morgan fingerprint density at radius 1 is 1.04 bits per heavy atom. The lowest BCUT2D eigenvalue weighted by Gasteiger charge is -2.33. The molecule has 0 spiro atoms. The van der Waals surface area contributed by atoms with Gasteiger partial charge in [-0.2, -0.15) is 0 Å². The van der Waals surface area contributed by atoms with Gasteiger partial charge < -0.3 is 19.7 Å². The van der Waals surface area contributed by atoms with Crippen LogP contribution in [0.5, 0.6) is 5.75 Å². The molecule has 2 aromatic rings. The molecule has 0 aliphatic carbocycles. The summed E-state index contributed by atoms with van der Waals surface area (Å²) in [6.45, 7) is 1.78. The minimum absolute atomic E-state index is 0.00837. The number of aromatic hydroxyl groups is 1. The highest BCUT2D eigenvalue weighted by Gasteiger charge is 2.22. The first kappa shape index (κ1) is 18.8. The van der Waals surface area contributed by atoms with Gasteiger partial charge in [0.25, 0.3) is 5.56 Å². The number of carbonyl (C=O) groups is 1. The summed E-state index contributed by atoms with van der Waals surface area (Å²) >= 11 is 0. The molecule has 2 N–H and O–H groups in total. The first-order valence-electron chi connectivity index (χ1n) is 8.41. The highest BCUT2D eigenvalue weighted by Crippen LogP contribution is 2.17. The molecule has 1 saturated heterocycles. The van der Waals surface area contributed by atoms with E-state index in [1.54, 1.807) is 6.07 Å². The van der Waals surface area contributed by atoms with E-state index in [9.17, 15) is 23.5 Å². The molecule has 0 saturated carbocycles. The Labute approximate surface area is 153 Å². The number of rotatable bonds is 4. The fraction of sp³-hybridized carbons (Fsp3) is 0.333. The number of hydrogen-bond donors (Lipinski definition) is 2. The zero-order chi connectivity index (χ0) is 19.6. The maximum Gasteiger partial charge on any atom is 0.407 e. The summed E-state index contributed by atoms with van der Waals surface area (Å²) in [7, 11) is 0. The molecule has 0 unspecified atom stereocenters. The summed E-state index contributed by atoms with van der Waals surface area (Å²) in [5.41, 5.74) is -0.283. The van der Waals surface area contributed by atoms with Crippen LogP contribution >= 0.6 is 0 Å². The van der Waals surface area contributed by atoms with Gasteiger partial charge in [-0.1, -0.05) is 12.1 Å². The van der Waals surface area contributed by atoms with Crippen LogP contribution < -0.4 is 5.56 Å². The summed E-state index contributed by atoms with van der Waals surface area (Å²) in [6, 6.07) is 5.27. The Morgan fingerprint density at radius 3 is 2.41 bits per heavy atom. The van der Waals surface area contributed by atoms with E-state index in [1.807, 2.05) is 4.90 Å². The zero-order valence-electron chi connectivity index (χ0n) is 14.4. The van der Waals surface area contributed by atoms with Crippen molar-refractivity contribution in [3.63, 3.8) is 0 Å². The number of piperazine rings is 1.